The first-order chi connectivity index (χ1) is 8.50. The van der Waals surface area contributed by atoms with Crippen LogP contribution in [0.1, 0.15) is 10.4 Å². The van der Waals surface area contributed by atoms with Gasteiger partial charge >= 0.3 is 0 Å². The monoisotopic (exact) mass is 261 g/mol. The highest BCUT2D eigenvalue weighted by Crippen LogP contribution is 2.37. The fraction of sp³-hybridized carbons (Fsp3) is 0.154. The fourth-order valence-corrected chi connectivity index (χ4v) is 2.77. The SMILES string of the molecule is CN(C)c1ccccc1-c1cc(C(N)=O)c(N)s1. The smallest absolute Gasteiger partial charge is 0.251 e. The van der Waals surface area contributed by atoms with Gasteiger partial charge in [0, 0.05) is 30.2 Å². The Morgan fingerprint density at radius 1 is 1.28 bits per heavy atom. The summed E-state index contributed by atoms with van der Waals surface area (Å²) in [6, 6.07) is 9.72. The van der Waals surface area contributed by atoms with E-state index in [0.717, 1.165) is 16.1 Å². The molecule has 5 heteroatoms. The minimum atomic E-state index is -0.489. The lowest BCUT2D eigenvalue weighted by molar-refractivity contribution is 0.100. The predicted octanol–water partition coefficient (Wildman–Crippen LogP) is 2.16. The number of primary amides is 1. The van der Waals surface area contributed by atoms with E-state index in [1.165, 1.54) is 11.3 Å². The van der Waals surface area contributed by atoms with Crippen molar-refractivity contribution in [2.24, 2.45) is 5.73 Å². The van der Waals surface area contributed by atoms with Gasteiger partial charge in [-0.3, -0.25) is 4.79 Å². The molecule has 18 heavy (non-hydrogen) atoms. The minimum Gasteiger partial charge on any atom is -0.390 e. The molecule has 0 aliphatic rings. The van der Waals surface area contributed by atoms with Gasteiger partial charge in [0.15, 0.2) is 0 Å². The average Bonchev–Trinajstić information content (AvgIpc) is 2.71. The third-order valence-corrected chi connectivity index (χ3v) is 3.68. The standard InChI is InChI=1S/C13H15N3OS/c1-16(2)10-6-4-3-5-8(10)11-7-9(12(14)17)13(15)18-11/h3-7H,15H2,1-2H3,(H2,14,17). The van der Waals surface area contributed by atoms with Crippen molar-refractivity contribution in [3.63, 3.8) is 0 Å². The Hall–Kier alpha value is -2.01. The molecule has 1 heterocycles. The molecule has 4 nitrogen and oxygen atoms in total. The average molecular weight is 261 g/mol. The molecule has 0 aliphatic carbocycles. The molecule has 2 rings (SSSR count). The molecule has 1 amide bonds. The maximum Gasteiger partial charge on any atom is 0.251 e. The van der Waals surface area contributed by atoms with Gasteiger partial charge in [-0.15, -0.1) is 11.3 Å². The van der Waals surface area contributed by atoms with Gasteiger partial charge in [0.2, 0.25) is 0 Å². The second kappa shape index (κ2) is 4.70. The Labute approximate surface area is 110 Å². The van der Waals surface area contributed by atoms with E-state index in [1.807, 2.05) is 43.3 Å². The largest absolute Gasteiger partial charge is 0.390 e. The Balaban J connectivity index is 2.56. The number of carbonyl (C=O) groups excluding carboxylic acids is 1. The normalized spacial score (nSPS) is 10.3. The lowest BCUT2D eigenvalue weighted by atomic mass is 10.1. The summed E-state index contributed by atoms with van der Waals surface area (Å²) in [6.07, 6.45) is 0. The zero-order valence-corrected chi connectivity index (χ0v) is 11.1. The molecule has 4 N–H and O–H groups in total. The number of hydrogen-bond donors (Lipinski definition) is 2. The van der Waals surface area contributed by atoms with E-state index in [4.69, 9.17) is 11.5 Å². The molecule has 0 saturated heterocycles. The molecule has 0 fully saturated rings. The van der Waals surface area contributed by atoms with E-state index >= 15 is 0 Å². The van der Waals surface area contributed by atoms with E-state index in [1.54, 1.807) is 6.07 Å². The summed E-state index contributed by atoms with van der Waals surface area (Å²) in [4.78, 5) is 14.2. The van der Waals surface area contributed by atoms with Crippen molar-refractivity contribution in [2.75, 3.05) is 24.7 Å². The lowest BCUT2D eigenvalue weighted by Crippen LogP contribution is -2.11. The fourth-order valence-electron chi connectivity index (χ4n) is 1.80. The molecule has 0 saturated carbocycles. The summed E-state index contributed by atoms with van der Waals surface area (Å²) in [7, 11) is 3.95. The van der Waals surface area contributed by atoms with Crippen molar-refractivity contribution in [3.05, 3.63) is 35.9 Å². The molecule has 0 spiro atoms. The van der Waals surface area contributed by atoms with Crippen LogP contribution in [-0.4, -0.2) is 20.0 Å². The van der Waals surface area contributed by atoms with Gasteiger partial charge < -0.3 is 16.4 Å². The number of anilines is 2. The molecule has 1 aromatic heterocycles. The van der Waals surface area contributed by atoms with E-state index in [2.05, 4.69) is 0 Å². The van der Waals surface area contributed by atoms with Crippen LogP contribution in [0.25, 0.3) is 10.4 Å². The van der Waals surface area contributed by atoms with E-state index in [-0.39, 0.29) is 0 Å². The summed E-state index contributed by atoms with van der Waals surface area (Å²) in [5, 5.41) is 0.464. The number of para-hydroxylation sites is 1. The van der Waals surface area contributed by atoms with Crippen LogP contribution in [0.2, 0.25) is 0 Å². The Bertz CT molecular complexity index is 590. The highest BCUT2D eigenvalue weighted by atomic mass is 32.1. The van der Waals surface area contributed by atoms with Crippen LogP contribution in [0, 0.1) is 0 Å². The van der Waals surface area contributed by atoms with Crippen molar-refractivity contribution >= 4 is 27.9 Å². The molecule has 0 unspecified atom stereocenters. The number of thiophene rings is 1. The second-order valence-electron chi connectivity index (χ2n) is 4.16. The van der Waals surface area contributed by atoms with Gasteiger partial charge in [-0.1, -0.05) is 18.2 Å². The van der Waals surface area contributed by atoms with Crippen LogP contribution in [-0.2, 0) is 0 Å². The minimum absolute atomic E-state index is 0.392. The summed E-state index contributed by atoms with van der Waals surface area (Å²) in [5.41, 5.74) is 13.6. The number of amides is 1. The third-order valence-electron chi connectivity index (χ3n) is 2.68. The van der Waals surface area contributed by atoms with E-state index < -0.39 is 5.91 Å². The maximum atomic E-state index is 11.2. The highest BCUT2D eigenvalue weighted by Gasteiger charge is 2.14. The summed E-state index contributed by atoms with van der Waals surface area (Å²) in [5.74, 6) is -0.489. The number of nitrogens with zero attached hydrogens (tertiary/aromatic N) is 1. The first-order valence-electron chi connectivity index (χ1n) is 5.46. The van der Waals surface area contributed by atoms with Gasteiger partial charge in [-0.25, -0.2) is 0 Å². The van der Waals surface area contributed by atoms with Crippen molar-refractivity contribution < 1.29 is 4.79 Å². The van der Waals surface area contributed by atoms with Gasteiger partial charge in [0.05, 0.1) is 10.6 Å². The molecular formula is C13H15N3OS. The van der Waals surface area contributed by atoms with Crippen molar-refractivity contribution in [2.45, 2.75) is 0 Å². The van der Waals surface area contributed by atoms with Gasteiger partial charge in [0.25, 0.3) is 5.91 Å². The lowest BCUT2D eigenvalue weighted by Gasteiger charge is -2.16. The van der Waals surface area contributed by atoms with Gasteiger partial charge in [-0.2, -0.15) is 0 Å². The summed E-state index contributed by atoms with van der Waals surface area (Å²) in [6.45, 7) is 0. The first kappa shape index (κ1) is 12.4. The first-order valence-corrected chi connectivity index (χ1v) is 6.28. The highest BCUT2D eigenvalue weighted by molar-refractivity contribution is 7.19. The molecule has 0 atom stereocenters. The maximum absolute atomic E-state index is 11.2. The topological polar surface area (TPSA) is 72.3 Å². The number of nitrogen functional groups attached to an aromatic ring is 1. The third kappa shape index (κ3) is 2.17. The van der Waals surface area contributed by atoms with Crippen LogP contribution in [0.4, 0.5) is 10.7 Å². The Kier molecular flexibility index (Phi) is 3.25. The van der Waals surface area contributed by atoms with Crippen molar-refractivity contribution in [1.82, 2.24) is 0 Å². The number of hydrogen-bond acceptors (Lipinski definition) is 4. The second-order valence-corrected chi connectivity index (χ2v) is 5.25. The molecule has 94 valence electrons. The molecular weight excluding hydrogens is 246 g/mol. The quantitative estimate of drug-likeness (QED) is 0.889. The van der Waals surface area contributed by atoms with Crippen LogP contribution >= 0.6 is 11.3 Å². The number of benzene rings is 1. The molecule has 0 radical (unpaired) electrons. The van der Waals surface area contributed by atoms with Crippen LogP contribution < -0.4 is 16.4 Å². The van der Waals surface area contributed by atoms with Crippen molar-refractivity contribution in [3.8, 4) is 10.4 Å². The predicted molar refractivity (Wildman–Crippen MR) is 77.0 cm³/mol. The zero-order valence-electron chi connectivity index (χ0n) is 10.3. The van der Waals surface area contributed by atoms with Crippen LogP contribution in [0.5, 0.6) is 0 Å². The van der Waals surface area contributed by atoms with Crippen LogP contribution in [0.3, 0.4) is 0 Å². The van der Waals surface area contributed by atoms with Gasteiger partial charge in [-0.05, 0) is 12.1 Å². The number of carbonyl (C=O) groups is 1. The van der Waals surface area contributed by atoms with Crippen LogP contribution in [0.15, 0.2) is 30.3 Å². The molecule has 0 bridgehead atoms. The summed E-state index contributed by atoms with van der Waals surface area (Å²) < 4.78 is 0. The van der Waals surface area contributed by atoms with Gasteiger partial charge in [0.1, 0.15) is 0 Å². The molecule has 1 aromatic carbocycles. The number of nitrogens with two attached hydrogens (primary N) is 2. The van der Waals surface area contributed by atoms with E-state index in [9.17, 15) is 4.79 Å². The molecule has 2 aromatic rings. The number of rotatable bonds is 3. The molecule has 0 aliphatic heterocycles. The van der Waals surface area contributed by atoms with E-state index in [0.29, 0.717) is 10.6 Å². The summed E-state index contributed by atoms with van der Waals surface area (Å²) >= 11 is 1.38. The Morgan fingerprint density at radius 2 is 1.94 bits per heavy atom. The van der Waals surface area contributed by atoms with Crippen molar-refractivity contribution in [1.29, 1.82) is 0 Å². The Morgan fingerprint density at radius 3 is 2.50 bits per heavy atom. The zero-order chi connectivity index (χ0) is 13.3.